The Morgan fingerprint density at radius 3 is 2.83 bits per heavy atom. The highest BCUT2D eigenvalue weighted by molar-refractivity contribution is 9.10. The van der Waals surface area contributed by atoms with Crippen molar-refractivity contribution >= 4 is 38.7 Å². The fourth-order valence-corrected chi connectivity index (χ4v) is 1.65. The zero-order chi connectivity index (χ0) is 13.7. The second-order valence-corrected chi connectivity index (χ2v) is 3.99. The molecule has 18 heavy (non-hydrogen) atoms. The molecule has 0 aromatic carbocycles. The van der Waals surface area contributed by atoms with Gasteiger partial charge < -0.3 is 14.9 Å². The summed E-state index contributed by atoms with van der Waals surface area (Å²) in [4.78, 5) is 15.5. The Kier molecular flexibility index (Phi) is 5.15. The van der Waals surface area contributed by atoms with Gasteiger partial charge in [0.1, 0.15) is 0 Å². The second-order valence-electron chi connectivity index (χ2n) is 3.07. The molecule has 2 heterocycles. The Balaban J connectivity index is 0.000000771. The van der Waals surface area contributed by atoms with Crippen molar-refractivity contribution in [3.8, 4) is 0 Å². The third-order valence-corrected chi connectivity index (χ3v) is 2.45. The summed E-state index contributed by atoms with van der Waals surface area (Å²) in [7, 11) is 0. The summed E-state index contributed by atoms with van der Waals surface area (Å²) in [6.07, 6.45) is 1.57. The van der Waals surface area contributed by atoms with Crippen molar-refractivity contribution in [2.75, 3.05) is 12.3 Å². The third kappa shape index (κ3) is 2.81. The number of furan rings is 1. The van der Waals surface area contributed by atoms with E-state index in [1.807, 2.05) is 13.8 Å². The number of esters is 1. The van der Waals surface area contributed by atoms with Gasteiger partial charge in [-0.3, -0.25) is 0 Å². The fraction of sp³-hybridized carbons (Fsp3) is 0.333. The first-order valence-corrected chi connectivity index (χ1v) is 6.43. The molecule has 0 aliphatic heterocycles. The highest BCUT2D eigenvalue weighted by atomic mass is 79.9. The lowest BCUT2D eigenvalue weighted by molar-refractivity contribution is 0.0494. The molecular weight excluding hydrogens is 300 g/mol. The fourth-order valence-electron chi connectivity index (χ4n) is 1.32. The smallest absolute Gasteiger partial charge is 0.376 e. The van der Waals surface area contributed by atoms with Gasteiger partial charge in [-0.2, -0.15) is 0 Å². The Morgan fingerprint density at radius 2 is 2.22 bits per heavy atom. The van der Waals surface area contributed by atoms with Crippen LogP contribution in [0.25, 0.3) is 11.1 Å². The maximum Gasteiger partial charge on any atom is 0.376 e. The molecule has 0 fully saturated rings. The summed E-state index contributed by atoms with van der Waals surface area (Å²) >= 11 is 3.27. The van der Waals surface area contributed by atoms with Crippen molar-refractivity contribution in [3.05, 3.63) is 22.5 Å². The summed E-state index contributed by atoms with van der Waals surface area (Å²) in [5.74, 6) is -0.573. The van der Waals surface area contributed by atoms with Gasteiger partial charge in [-0.25, -0.2) is 9.78 Å². The summed E-state index contributed by atoms with van der Waals surface area (Å²) in [5, 5.41) is 0.595. The Bertz CT molecular complexity index is 551. The molecule has 0 aliphatic carbocycles. The number of anilines is 1. The lowest BCUT2D eigenvalue weighted by atomic mass is 10.3. The molecule has 0 aliphatic rings. The first-order chi connectivity index (χ1) is 8.63. The molecule has 5 nitrogen and oxygen atoms in total. The van der Waals surface area contributed by atoms with Crippen molar-refractivity contribution in [1.82, 2.24) is 4.98 Å². The Hall–Kier alpha value is -1.56. The summed E-state index contributed by atoms with van der Waals surface area (Å²) in [5.41, 5.74) is 6.36. The largest absolute Gasteiger partial charge is 0.460 e. The van der Waals surface area contributed by atoms with Crippen LogP contribution in [0.5, 0.6) is 0 Å². The number of ether oxygens (including phenoxy) is 1. The molecule has 0 saturated carbocycles. The first-order valence-electron chi connectivity index (χ1n) is 5.64. The van der Waals surface area contributed by atoms with E-state index in [1.54, 1.807) is 19.2 Å². The average molecular weight is 315 g/mol. The molecule has 0 bridgehead atoms. The van der Waals surface area contributed by atoms with Gasteiger partial charge >= 0.3 is 5.97 Å². The number of hydrogen-bond donors (Lipinski definition) is 1. The lowest BCUT2D eigenvalue weighted by Crippen LogP contribution is -2.05. The Morgan fingerprint density at radius 1 is 1.56 bits per heavy atom. The predicted molar refractivity (Wildman–Crippen MR) is 73.4 cm³/mol. The number of carbonyl (C=O) groups excluding carboxylic acids is 1. The summed E-state index contributed by atoms with van der Waals surface area (Å²) < 4.78 is 10.8. The van der Waals surface area contributed by atoms with Gasteiger partial charge in [-0.15, -0.1) is 0 Å². The molecule has 6 heteroatoms. The molecule has 2 aromatic rings. The number of aromatic nitrogens is 1. The van der Waals surface area contributed by atoms with Crippen LogP contribution in [-0.4, -0.2) is 17.6 Å². The van der Waals surface area contributed by atoms with E-state index in [1.165, 1.54) is 0 Å². The van der Waals surface area contributed by atoms with Crippen molar-refractivity contribution in [1.29, 1.82) is 0 Å². The van der Waals surface area contributed by atoms with Gasteiger partial charge in [0, 0.05) is 10.7 Å². The molecule has 0 spiro atoms. The van der Waals surface area contributed by atoms with Gasteiger partial charge in [-0.05, 0) is 28.9 Å². The van der Waals surface area contributed by atoms with Crippen LogP contribution in [0.3, 0.4) is 0 Å². The van der Waals surface area contributed by atoms with Crippen molar-refractivity contribution in [2.45, 2.75) is 20.8 Å². The maximum atomic E-state index is 11.5. The quantitative estimate of drug-likeness (QED) is 0.860. The van der Waals surface area contributed by atoms with Crippen molar-refractivity contribution in [2.24, 2.45) is 0 Å². The van der Waals surface area contributed by atoms with E-state index in [-0.39, 0.29) is 18.1 Å². The number of carbonyl (C=O) groups is 1. The highest BCUT2D eigenvalue weighted by Gasteiger charge is 2.20. The number of rotatable bonds is 2. The minimum Gasteiger partial charge on any atom is -0.460 e. The molecular formula is C12H15BrN2O3. The van der Waals surface area contributed by atoms with Crippen LogP contribution in [-0.2, 0) is 4.74 Å². The number of nitrogen functional groups attached to an aromatic ring is 1. The van der Waals surface area contributed by atoms with Crippen LogP contribution < -0.4 is 5.73 Å². The number of nitrogens with zero attached hydrogens (tertiary/aromatic N) is 1. The molecule has 0 amide bonds. The molecule has 0 radical (unpaired) electrons. The van der Waals surface area contributed by atoms with Crippen molar-refractivity contribution < 1.29 is 13.9 Å². The molecule has 0 unspecified atom stereocenters. The lowest BCUT2D eigenvalue weighted by Gasteiger charge is -1.97. The molecule has 2 rings (SSSR count). The van der Waals surface area contributed by atoms with E-state index in [9.17, 15) is 4.79 Å². The van der Waals surface area contributed by atoms with E-state index >= 15 is 0 Å². The number of nitrogens with two attached hydrogens (primary N) is 1. The van der Waals surface area contributed by atoms with E-state index in [0.29, 0.717) is 11.1 Å². The van der Waals surface area contributed by atoms with E-state index in [0.717, 1.165) is 4.47 Å². The van der Waals surface area contributed by atoms with Crippen LogP contribution >= 0.6 is 15.9 Å². The van der Waals surface area contributed by atoms with Gasteiger partial charge in [0.25, 0.3) is 0 Å². The minimum absolute atomic E-state index is 0.00227. The molecule has 0 atom stereocenters. The first kappa shape index (κ1) is 14.5. The Labute approximate surface area is 113 Å². The zero-order valence-corrected chi connectivity index (χ0v) is 12.1. The van der Waals surface area contributed by atoms with Gasteiger partial charge in [0.2, 0.25) is 11.5 Å². The number of halogens is 1. The maximum absolute atomic E-state index is 11.5. The van der Waals surface area contributed by atoms with Gasteiger partial charge in [-0.1, -0.05) is 13.8 Å². The number of fused-ring (bicyclic) bond motifs is 1. The van der Waals surface area contributed by atoms with Gasteiger partial charge in [0.15, 0.2) is 0 Å². The van der Waals surface area contributed by atoms with Crippen LogP contribution in [0, 0.1) is 0 Å². The normalized spacial score (nSPS) is 9.78. The predicted octanol–water partition coefficient (Wildman–Crippen LogP) is 3.38. The van der Waals surface area contributed by atoms with Crippen LogP contribution in [0.2, 0.25) is 0 Å². The molecule has 2 aromatic heterocycles. The average Bonchev–Trinajstić information content (AvgIpc) is 2.70. The van der Waals surface area contributed by atoms with E-state index in [4.69, 9.17) is 14.9 Å². The third-order valence-electron chi connectivity index (χ3n) is 2.01. The zero-order valence-electron chi connectivity index (χ0n) is 10.5. The number of hydrogen-bond acceptors (Lipinski definition) is 5. The van der Waals surface area contributed by atoms with Gasteiger partial charge in [0.05, 0.1) is 17.7 Å². The monoisotopic (exact) mass is 314 g/mol. The van der Waals surface area contributed by atoms with Crippen LogP contribution in [0.4, 0.5) is 5.69 Å². The van der Waals surface area contributed by atoms with Crippen LogP contribution in [0.15, 0.2) is 21.2 Å². The molecule has 2 N–H and O–H groups in total. The topological polar surface area (TPSA) is 78.3 Å². The summed E-state index contributed by atoms with van der Waals surface area (Å²) in [6, 6.07) is 1.74. The highest BCUT2D eigenvalue weighted by Crippen LogP contribution is 2.29. The van der Waals surface area contributed by atoms with Crippen LogP contribution in [0.1, 0.15) is 31.3 Å². The molecule has 0 saturated heterocycles. The molecule has 98 valence electrons. The van der Waals surface area contributed by atoms with E-state index < -0.39 is 5.97 Å². The van der Waals surface area contributed by atoms with E-state index in [2.05, 4.69) is 20.9 Å². The standard InChI is InChI=1S/C10H9BrN2O3.C2H6/c1-2-15-10(14)8-7(12)6-3-5(11)4-13-9(6)16-8;1-2/h3-4H,2,12H2,1H3;1-2H3. The van der Waals surface area contributed by atoms with Crippen molar-refractivity contribution in [3.63, 3.8) is 0 Å². The number of pyridine rings is 1. The second kappa shape index (κ2) is 6.39. The SMILES string of the molecule is CC.CCOC(=O)c1oc2ncc(Br)cc2c1N. The minimum atomic E-state index is -0.575. The summed E-state index contributed by atoms with van der Waals surface area (Å²) in [6.45, 7) is 5.98.